The maximum absolute atomic E-state index is 2.29. The molecule has 86 valence electrons. The van der Waals surface area contributed by atoms with E-state index in [1.54, 1.807) is 0 Å². The molecule has 0 aromatic heterocycles. The molecule has 0 heterocycles. The van der Waals surface area contributed by atoms with E-state index in [-0.39, 0.29) is 0 Å². The molecule has 0 spiro atoms. The molecule has 0 aliphatic heterocycles. The first-order valence-electron chi connectivity index (χ1n) is 5.97. The van der Waals surface area contributed by atoms with Gasteiger partial charge in [0.1, 0.15) is 0 Å². The maximum Gasteiger partial charge on any atom is -0.0155 e. The second kappa shape index (κ2) is 5.69. The fourth-order valence-corrected chi connectivity index (χ4v) is 1.79. The van der Waals surface area contributed by atoms with Crippen molar-refractivity contribution in [3.63, 3.8) is 0 Å². The van der Waals surface area contributed by atoms with Gasteiger partial charge in [0.2, 0.25) is 0 Å². The van der Waals surface area contributed by atoms with Gasteiger partial charge in [-0.25, -0.2) is 0 Å². The predicted molar refractivity (Wildman–Crippen MR) is 73.5 cm³/mol. The number of hydrogen-bond acceptors (Lipinski definition) is 0. The summed E-state index contributed by atoms with van der Waals surface area (Å²) in [5, 5.41) is 0. The second-order valence-corrected chi connectivity index (χ2v) is 4.58. The summed E-state index contributed by atoms with van der Waals surface area (Å²) in [6.45, 7) is 10.9. The molecule has 0 nitrogen and oxygen atoms in total. The van der Waals surface area contributed by atoms with Crippen LogP contribution in [0.1, 0.15) is 45.2 Å². The SMILES string of the molecule is CC/C(C)=C(\C=C(C)C)c1ccccc1C. The Morgan fingerprint density at radius 2 is 1.75 bits per heavy atom. The highest BCUT2D eigenvalue weighted by molar-refractivity contribution is 5.78. The Kier molecular flexibility index (Phi) is 4.54. The average molecular weight is 214 g/mol. The van der Waals surface area contributed by atoms with Crippen molar-refractivity contribution in [2.24, 2.45) is 0 Å². The van der Waals surface area contributed by atoms with Crippen LogP contribution in [0.15, 0.2) is 41.5 Å². The van der Waals surface area contributed by atoms with Gasteiger partial charge in [-0.1, -0.05) is 48.4 Å². The molecule has 0 fully saturated rings. The molecular weight excluding hydrogens is 192 g/mol. The number of benzene rings is 1. The summed E-state index contributed by atoms with van der Waals surface area (Å²) in [5.41, 5.74) is 6.91. The zero-order chi connectivity index (χ0) is 12.1. The van der Waals surface area contributed by atoms with E-state index in [0.29, 0.717) is 0 Å². The summed E-state index contributed by atoms with van der Waals surface area (Å²) in [5.74, 6) is 0. The van der Waals surface area contributed by atoms with Crippen LogP contribution in [-0.2, 0) is 0 Å². The third-order valence-corrected chi connectivity index (χ3v) is 2.86. The Morgan fingerprint density at radius 1 is 1.12 bits per heavy atom. The number of allylic oxidation sites excluding steroid dienone is 4. The maximum atomic E-state index is 2.29. The molecule has 0 radical (unpaired) electrons. The molecule has 1 aromatic rings. The molecule has 1 aromatic carbocycles. The zero-order valence-electron chi connectivity index (χ0n) is 11.1. The Bertz CT molecular complexity index is 415. The van der Waals surface area contributed by atoms with Crippen LogP contribution in [0.4, 0.5) is 0 Å². The lowest BCUT2D eigenvalue weighted by atomic mass is 9.94. The first-order valence-corrected chi connectivity index (χ1v) is 5.97. The molecule has 0 bridgehead atoms. The lowest BCUT2D eigenvalue weighted by molar-refractivity contribution is 1.10. The van der Waals surface area contributed by atoms with Gasteiger partial charge in [-0.2, -0.15) is 0 Å². The molecule has 0 unspecified atom stereocenters. The van der Waals surface area contributed by atoms with Crippen LogP contribution in [0.5, 0.6) is 0 Å². The highest BCUT2D eigenvalue weighted by Crippen LogP contribution is 2.25. The Balaban J connectivity index is 3.34. The van der Waals surface area contributed by atoms with Crippen molar-refractivity contribution < 1.29 is 0 Å². The molecule has 1 rings (SSSR count). The van der Waals surface area contributed by atoms with E-state index in [1.807, 2.05) is 0 Å². The second-order valence-electron chi connectivity index (χ2n) is 4.58. The van der Waals surface area contributed by atoms with Crippen molar-refractivity contribution in [3.05, 3.63) is 52.6 Å². The molecule has 0 atom stereocenters. The minimum atomic E-state index is 1.10. The third kappa shape index (κ3) is 3.10. The summed E-state index contributed by atoms with van der Waals surface area (Å²) < 4.78 is 0. The number of hydrogen-bond donors (Lipinski definition) is 0. The molecule has 0 heteroatoms. The highest BCUT2D eigenvalue weighted by Gasteiger charge is 2.04. The van der Waals surface area contributed by atoms with Crippen LogP contribution >= 0.6 is 0 Å². The molecule has 0 amide bonds. The average Bonchev–Trinajstić information content (AvgIpc) is 2.26. The van der Waals surface area contributed by atoms with Gasteiger partial charge in [0.15, 0.2) is 0 Å². The lowest BCUT2D eigenvalue weighted by Gasteiger charge is -2.11. The normalized spacial score (nSPS) is 12.1. The van der Waals surface area contributed by atoms with E-state index >= 15 is 0 Å². The van der Waals surface area contributed by atoms with Gasteiger partial charge in [0.25, 0.3) is 0 Å². The monoisotopic (exact) mass is 214 g/mol. The van der Waals surface area contributed by atoms with Crippen molar-refractivity contribution in [3.8, 4) is 0 Å². The van der Waals surface area contributed by atoms with Gasteiger partial charge in [0.05, 0.1) is 0 Å². The number of rotatable bonds is 3. The van der Waals surface area contributed by atoms with E-state index in [0.717, 1.165) is 6.42 Å². The van der Waals surface area contributed by atoms with Crippen molar-refractivity contribution in [1.29, 1.82) is 0 Å². The van der Waals surface area contributed by atoms with Crippen LogP contribution in [0.2, 0.25) is 0 Å². The van der Waals surface area contributed by atoms with Gasteiger partial charge >= 0.3 is 0 Å². The zero-order valence-corrected chi connectivity index (χ0v) is 11.1. The van der Waals surface area contributed by atoms with Gasteiger partial charge in [-0.15, -0.1) is 0 Å². The van der Waals surface area contributed by atoms with Gasteiger partial charge in [0, 0.05) is 0 Å². The molecule has 0 saturated heterocycles. The summed E-state index contributed by atoms with van der Waals surface area (Å²) in [6, 6.07) is 8.60. The molecule has 0 aliphatic carbocycles. The van der Waals surface area contributed by atoms with Crippen molar-refractivity contribution in [2.75, 3.05) is 0 Å². The van der Waals surface area contributed by atoms with Gasteiger partial charge in [-0.3, -0.25) is 0 Å². The molecule has 0 saturated carbocycles. The Hall–Kier alpha value is -1.30. The standard InChI is InChI=1S/C16H22/c1-6-13(4)16(11-12(2)3)15-10-8-7-9-14(15)5/h7-11H,6H2,1-5H3/b16-13+. The summed E-state index contributed by atoms with van der Waals surface area (Å²) >= 11 is 0. The lowest BCUT2D eigenvalue weighted by Crippen LogP contribution is -1.90. The minimum Gasteiger partial charge on any atom is -0.0758 e. The quantitative estimate of drug-likeness (QED) is 0.611. The summed E-state index contributed by atoms with van der Waals surface area (Å²) in [7, 11) is 0. The topological polar surface area (TPSA) is 0 Å². The summed E-state index contributed by atoms with van der Waals surface area (Å²) in [6.07, 6.45) is 3.40. The van der Waals surface area contributed by atoms with Crippen LogP contribution in [0, 0.1) is 6.92 Å². The van der Waals surface area contributed by atoms with Crippen molar-refractivity contribution in [2.45, 2.75) is 41.0 Å². The fourth-order valence-electron chi connectivity index (χ4n) is 1.79. The Labute approximate surface area is 99.7 Å². The first kappa shape index (κ1) is 12.8. The third-order valence-electron chi connectivity index (χ3n) is 2.86. The number of aryl methyl sites for hydroxylation is 1. The van der Waals surface area contributed by atoms with Crippen molar-refractivity contribution in [1.82, 2.24) is 0 Å². The van der Waals surface area contributed by atoms with Crippen LogP contribution in [0.3, 0.4) is 0 Å². The highest BCUT2D eigenvalue weighted by atomic mass is 14.1. The largest absolute Gasteiger partial charge is 0.0758 e. The molecule has 0 N–H and O–H groups in total. The van der Waals surface area contributed by atoms with E-state index in [4.69, 9.17) is 0 Å². The van der Waals surface area contributed by atoms with Crippen LogP contribution in [0.25, 0.3) is 5.57 Å². The minimum absolute atomic E-state index is 1.10. The van der Waals surface area contributed by atoms with E-state index < -0.39 is 0 Å². The van der Waals surface area contributed by atoms with E-state index in [9.17, 15) is 0 Å². The first-order chi connectivity index (χ1) is 7.56. The van der Waals surface area contributed by atoms with E-state index in [2.05, 4.69) is 65.0 Å². The predicted octanol–water partition coefficient (Wildman–Crippen LogP) is 5.14. The Morgan fingerprint density at radius 3 is 2.25 bits per heavy atom. The van der Waals surface area contributed by atoms with Crippen LogP contribution in [-0.4, -0.2) is 0 Å². The molecule has 0 aliphatic rings. The van der Waals surface area contributed by atoms with Crippen molar-refractivity contribution >= 4 is 5.57 Å². The summed E-state index contributed by atoms with van der Waals surface area (Å²) in [4.78, 5) is 0. The molecule has 16 heavy (non-hydrogen) atoms. The smallest absolute Gasteiger partial charge is 0.0155 e. The fraction of sp³-hybridized carbons (Fsp3) is 0.375. The van der Waals surface area contributed by atoms with E-state index in [1.165, 1.54) is 27.8 Å². The van der Waals surface area contributed by atoms with Gasteiger partial charge in [-0.05, 0) is 50.8 Å². The van der Waals surface area contributed by atoms with Gasteiger partial charge < -0.3 is 0 Å². The van der Waals surface area contributed by atoms with Crippen LogP contribution < -0.4 is 0 Å². The molecular formula is C16H22.